The Morgan fingerprint density at radius 1 is 0.867 bits per heavy atom. The molecule has 0 aliphatic heterocycles. The Morgan fingerprint density at radius 2 is 1.60 bits per heavy atom. The third-order valence-corrected chi connectivity index (χ3v) is 5.36. The van der Waals surface area contributed by atoms with Crippen molar-refractivity contribution < 1.29 is 0 Å². The zero-order chi connectivity index (χ0) is 20.5. The molecular weight excluding hydrogens is 390 g/mol. The molecule has 2 aromatic heterocycles. The molecule has 0 amide bonds. The van der Waals surface area contributed by atoms with Crippen LogP contribution < -0.4 is 0 Å². The predicted octanol–water partition coefficient (Wildman–Crippen LogP) is 6.85. The number of aromatic nitrogens is 2. The summed E-state index contributed by atoms with van der Waals surface area (Å²) in [6, 6.07) is 30.2. The molecule has 0 N–H and O–H groups in total. The van der Waals surface area contributed by atoms with Crippen LogP contribution in [0.25, 0.3) is 40.1 Å². The van der Waals surface area contributed by atoms with Gasteiger partial charge < -0.3 is 0 Å². The smallest absolute Gasteiger partial charge is 0.157 e. The second-order valence-electron chi connectivity index (χ2n) is 6.98. The summed E-state index contributed by atoms with van der Waals surface area (Å²) in [6.45, 7) is 0. The number of nitrogens with zero attached hydrogens (tertiary/aromatic N) is 3. The van der Waals surface area contributed by atoms with Crippen LogP contribution >= 0.6 is 11.6 Å². The molecule has 0 saturated heterocycles. The summed E-state index contributed by atoms with van der Waals surface area (Å²) >= 11 is 5.99. The Kier molecular flexibility index (Phi) is 4.55. The van der Waals surface area contributed by atoms with E-state index in [9.17, 15) is 5.26 Å². The van der Waals surface area contributed by atoms with E-state index in [0.29, 0.717) is 16.2 Å². The molecule has 5 rings (SSSR count). The van der Waals surface area contributed by atoms with Crippen LogP contribution in [-0.2, 0) is 0 Å². The van der Waals surface area contributed by atoms with E-state index in [1.165, 1.54) is 0 Å². The average molecular weight is 406 g/mol. The third kappa shape index (κ3) is 3.14. The van der Waals surface area contributed by atoms with Gasteiger partial charge in [0.25, 0.3) is 0 Å². The van der Waals surface area contributed by atoms with Crippen molar-refractivity contribution in [2.24, 2.45) is 0 Å². The molecule has 0 aliphatic carbocycles. The minimum atomic E-state index is 0.552. The van der Waals surface area contributed by atoms with Crippen molar-refractivity contribution in [2.75, 3.05) is 0 Å². The zero-order valence-corrected chi connectivity index (χ0v) is 16.7. The van der Waals surface area contributed by atoms with E-state index in [1.54, 1.807) is 0 Å². The van der Waals surface area contributed by atoms with Crippen LogP contribution in [0.5, 0.6) is 0 Å². The number of nitriles is 1. The van der Waals surface area contributed by atoms with E-state index >= 15 is 0 Å². The van der Waals surface area contributed by atoms with Gasteiger partial charge in [-0.15, -0.1) is 0 Å². The summed E-state index contributed by atoms with van der Waals surface area (Å²) in [7, 11) is 0. The molecule has 0 fully saturated rings. The highest BCUT2D eigenvalue weighted by Crippen LogP contribution is 2.31. The monoisotopic (exact) mass is 405 g/mol. The standard InChI is InChI=1S/C26H16ClN3/c27-21-14-11-18(12-15-21)10-13-20-16-25(19-6-2-1-3-7-19)30-24-9-5-4-8-23(24)29-26(30)22(20)17-28/h1-16H/b13-10+. The maximum Gasteiger partial charge on any atom is 0.157 e. The van der Waals surface area contributed by atoms with Crippen molar-refractivity contribution in [1.29, 1.82) is 5.26 Å². The summed E-state index contributed by atoms with van der Waals surface area (Å²) in [5.74, 6) is 0. The van der Waals surface area contributed by atoms with Crippen LogP contribution in [0.4, 0.5) is 0 Å². The van der Waals surface area contributed by atoms with Gasteiger partial charge in [0.1, 0.15) is 11.6 Å². The molecule has 0 radical (unpaired) electrons. The predicted molar refractivity (Wildman–Crippen MR) is 123 cm³/mol. The Labute approximate surface area is 179 Å². The van der Waals surface area contributed by atoms with Crippen molar-refractivity contribution in [3.63, 3.8) is 0 Å². The fourth-order valence-corrected chi connectivity index (χ4v) is 3.80. The van der Waals surface area contributed by atoms with Crippen LogP contribution in [-0.4, -0.2) is 9.38 Å². The Morgan fingerprint density at radius 3 is 2.37 bits per heavy atom. The van der Waals surface area contributed by atoms with E-state index in [1.807, 2.05) is 78.9 Å². The number of fused-ring (bicyclic) bond motifs is 3. The van der Waals surface area contributed by atoms with Gasteiger partial charge in [0, 0.05) is 5.02 Å². The number of hydrogen-bond acceptors (Lipinski definition) is 2. The van der Waals surface area contributed by atoms with Gasteiger partial charge in [-0.25, -0.2) is 4.98 Å². The van der Waals surface area contributed by atoms with E-state index in [0.717, 1.165) is 33.4 Å². The molecule has 0 aliphatic rings. The van der Waals surface area contributed by atoms with E-state index in [-0.39, 0.29) is 0 Å². The van der Waals surface area contributed by atoms with Crippen LogP contribution in [0, 0.1) is 11.3 Å². The normalized spacial score (nSPS) is 11.3. The van der Waals surface area contributed by atoms with E-state index in [2.05, 4.69) is 28.7 Å². The Balaban J connectivity index is 1.80. The Bertz CT molecular complexity index is 1440. The zero-order valence-electron chi connectivity index (χ0n) is 16.0. The van der Waals surface area contributed by atoms with Crippen LogP contribution in [0.15, 0.2) is 84.9 Å². The summed E-state index contributed by atoms with van der Waals surface area (Å²) in [5, 5.41) is 10.7. The van der Waals surface area contributed by atoms with Crippen LogP contribution in [0.3, 0.4) is 0 Å². The molecule has 2 heterocycles. The first-order valence-electron chi connectivity index (χ1n) is 9.58. The SMILES string of the molecule is N#Cc1c(/C=C/c2ccc(Cl)cc2)cc(-c2ccccc2)n2c1nc1ccccc12. The topological polar surface area (TPSA) is 41.1 Å². The number of pyridine rings is 1. The van der Waals surface area contributed by atoms with Crippen LogP contribution in [0.2, 0.25) is 5.02 Å². The molecule has 0 spiro atoms. The van der Waals surface area contributed by atoms with Crippen molar-refractivity contribution in [3.05, 3.63) is 107 Å². The van der Waals surface area contributed by atoms with Gasteiger partial charge in [0.15, 0.2) is 5.65 Å². The lowest BCUT2D eigenvalue weighted by Gasteiger charge is -2.11. The molecule has 30 heavy (non-hydrogen) atoms. The lowest BCUT2D eigenvalue weighted by Crippen LogP contribution is -1.98. The summed E-state index contributed by atoms with van der Waals surface area (Å²) in [6.07, 6.45) is 3.95. The molecule has 4 heteroatoms. The quantitative estimate of drug-likeness (QED) is 0.329. The van der Waals surface area contributed by atoms with Gasteiger partial charge in [-0.1, -0.05) is 78.4 Å². The van der Waals surface area contributed by atoms with Gasteiger partial charge in [0.05, 0.1) is 16.7 Å². The number of para-hydroxylation sites is 2. The third-order valence-electron chi connectivity index (χ3n) is 5.11. The van der Waals surface area contributed by atoms with Gasteiger partial charge in [-0.2, -0.15) is 5.26 Å². The van der Waals surface area contributed by atoms with E-state index in [4.69, 9.17) is 16.6 Å². The molecule has 5 aromatic rings. The fourth-order valence-electron chi connectivity index (χ4n) is 3.68. The minimum Gasteiger partial charge on any atom is -0.291 e. The van der Waals surface area contributed by atoms with Gasteiger partial charge >= 0.3 is 0 Å². The maximum absolute atomic E-state index is 9.98. The number of imidazole rings is 1. The number of halogens is 1. The van der Waals surface area contributed by atoms with Gasteiger partial charge in [0.2, 0.25) is 0 Å². The second-order valence-corrected chi connectivity index (χ2v) is 7.42. The average Bonchev–Trinajstić information content (AvgIpc) is 3.18. The van der Waals surface area contributed by atoms with Crippen molar-refractivity contribution in [1.82, 2.24) is 9.38 Å². The van der Waals surface area contributed by atoms with Crippen LogP contribution in [0.1, 0.15) is 16.7 Å². The first-order chi connectivity index (χ1) is 14.7. The highest BCUT2D eigenvalue weighted by atomic mass is 35.5. The molecule has 142 valence electrons. The van der Waals surface area contributed by atoms with Gasteiger partial charge in [-0.05, 0) is 47.0 Å². The lowest BCUT2D eigenvalue weighted by molar-refractivity contribution is 1.21. The summed E-state index contributed by atoms with van der Waals surface area (Å²) in [4.78, 5) is 4.79. The molecule has 0 atom stereocenters. The lowest BCUT2D eigenvalue weighted by atomic mass is 10.0. The maximum atomic E-state index is 9.98. The number of hydrogen-bond donors (Lipinski definition) is 0. The highest BCUT2D eigenvalue weighted by Gasteiger charge is 2.16. The molecule has 3 aromatic carbocycles. The molecule has 0 bridgehead atoms. The van der Waals surface area contributed by atoms with E-state index < -0.39 is 0 Å². The largest absolute Gasteiger partial charge is 0.291 e. The summed E-state index contributed by atoms with van der Waals surface area (Å²) in [5.41, 5.74) is 6.96. The molecular formula is C26H16ClN3. The highest BCUT2D eigenvalue weighted by molar-refractivity contribution is 6.30. The van der Waals surface area contributed by atoms with Crippen molar-refractivity contribution >= 4 is 40.4 Å². The molecule has 3 nitrogen and oxygen atoms in total. The first-order valence-corrected chi connectivity index (χ1v) is 9.96. The number of rotatable bonds is 3. The minimum absolute atomic E-state index is 0.552. The number of benzene rings is 3. The Hall–Kier alpha value is -3.87. The second kappa shape index (κ2) is 7.51. The molecule has 0 saturated carbocycles. The van der Waals surface area contributed by atoms with Gasteiger partial charge in [-0.3, -0.25) is 4.40 Å². The summed E-state index contributed by atoms with van der Waals surface area (Å²) < 4.78 is 2.07. The fraction of sp³-hybridized carbons (Fsp3) is 0. The molecule has 0 unspecified atom stereocenters. The van der Waals surface area contributed by atoms with Crippen molar-refractivity contribution in [2.45, 2.75) is 0 Å². The van der Waals surface area contributed by atoms with Crippen molar-refractivity contribution in [3.8, 4) is 17.3 Å². The first kappa shape index (κ1) is 18.2.